The van der Waals surface area contributed by atoms with E-state index in [0.717, 1.165) is 16.3 Å². The van der Waals surface area contributed by atoms with Crippen molar-refractivity contribution in [1.82, 2.24) is 0 Å². The van der Waals surface area contributed by atoms with Crippen LogP contribution in [0.1, 0.15) is 13.8 Å². The summed E-state index contributed by atoms with van der Waals surface area (Å²) in [6.07, 6.45) is 0. The van der Waals surface area contributed by atoms with E-state index in [2.05, 4.69) is 4.98 Å². The number of benzene rings is 2. The van der Waals surface area contributed by atoms with Crippen molar-refractivity contribution in [3.63, 3.8) is 0 Å². The number of aromatic amines is 1. The van der Waals surface area contributed by atoms with Gasteiger partial charge in [-0.3, -0.25) is 0 Å². The molecular weight excluding hydrogens is 343 g/mol. The predicted molar refractivity (Wildman–Crippen MR) is 68.8 cm³/mol. The molecule has 3 rings (SSSR count). The Labute approximate surface area is 166 Å². The maximum Gasteiger partial charge on any atom is 1.00 e. The summed E-state index contributed by atoms with van der Waals surface area (Å²) in [4.78, 5) is 3.16. The van der Waals surface area contributed by atoms with E-state index in [1.807, 2.05) is 50.2 Å². The smallest absolute Gasteiger partial charge is 0.868 e. The Morgan fingerprint density at radius 1 is 0.889 bits per heavy atom. The number of pyridine rings is 1. The van der Waals surface area contributed by atoms with Gasteiger partial charge >= 0.3 is 68.9 Å². The number of H-pyrrole nitrogens is 1. The first-order valence-electron chi connectivity index (χ1n) is 5.85. The molecule has 0 saturated heterocycles. The molecule has 3 aromatic rings. The SMILES string of the molecule is CC.[Cs+].[O-]c1cccc2cc3ccccc3[nH+]c12. The third-order valence-corrected chi connectivity index (χ3v) is 2.59. The Bertz CT molecular complexity index is 652. The quantitative estimate of drug-likeness (QED) is 0.518. The van der Waals surface area contributed by atoms with Crippen LogP contribution in [-0.4, -0.2) is 0 Å². The van der Waals surface area contributed by atoms with Gasteiger partial charge in [0.2, 0.25) is 11.0 Å². The monoisotopic (exact) mass is 358 g/mol. The zero-order chi connectivity index (χ0) is 12.3. The van der Waals surface area contributed by atoms with Crippen LogP contribution >= 0.6 is 0 Å². The van der Waals surface area contributed by atoms with Crippen LogP contribution in [0.25, 0.3) is 21.8 Å². The van der Waals surface area contributed by atoms with E-state index in [0.29, 0.717) is 5.52 Å². The van der Waals surface area contributed by atoms with Crippen LogP contribution in [0.15, 0.2) is 48.5 Å². The number of aromatic nitrogens is 1. The van der Waals surface area contributed by atoms with E-state index in [-0.39, 0.29) is 74.6 Å². The summed E-state index contributed by atoms with van der Waals surface area (Å²) in [5.74, 6) is 0.0400. The molecule has 86 valence electrons. The number of hydrogen-bond donors (Lipinski definition) is 0. The average Bonchev–Trinajstić information content (AvgIpc) is 2.40. The number of hydrogen-bond acceptors (Lipinski definition) is 1. The van der Waals surface area contributed by atoms with Crippen LogP contribution in [0, 0.1) is 0 Å². The second-order valence-electron chi connectivity index (χ2n) is 3.58. The topological polar surface area (TPSA) is 37.2 Å². The minimum absolute atomic E-state index is 0. The predicted octanol–water partition coefficient (Wildman–Crippen LogP) is -0.0891. The van der Waals surface area contributed by atoms with E-state index < -0.39 is 0 Å². The Balaban J connectivity index is 0.000000516. The fraction of sp³-hybridized carbons (Fsp3) is 0.133. The molecule has 1 N–H and O–H groups in total. The molecule has 1 aromatic heterocycles. The third-order valence-electron chi connectivity index (χ3n) is 2.59. The Morgan fingerprint density at radius 3 is 2.33 bits per heavy atom. The molecule has 0 aliphatic heterocycles. The largest absolute Gasteiger partial charge is 1.00 e. The molecule has 0 aliphatic carbocycles. The molecule has 0 radical (unpaired) electrons. The van der Waals surface area contributed by atoms with Gasteiger partial charge in [-0.25, -0.2) is 4.98 Å². The van der Waals surface area contributed by atoms with Gasteiger partial charge in [0.25, 0.3) is 0 Å². The van der Waals surface area contributed by atoms with Gasteiger partial charge in [-0.2, -0.15) is 0 Å². The number of para-hydroxylation sites is 2. The maximum absolute atomic E-state index is 11.6. The number of fused-ring (bicyclic) bond motifs is 2. The van der Waals surface area contributed by atoms with Gasteiger partial charge in [-0.15, -0.1) is 0 Å². The molecule has 0 amide bonds. The second kappa shape index (κ2) is 7.53. The van der Waals surface area contributed by atoms with Gasteiger partial charge in [-0.05, 0) is 23.9 Å². The molecule has 2 aromatic carbocycles. The van der Waals surface area contributed by atoms with Gasteiger partial charge in [0.15, 0.2) is 0 Å². The Kier molecular flexibility index (Phi) is 6.70. The molecule has 3 heteroatoms. The van der Waals surface area contributed by atoms with Gasteiger partial charge in [0.1, 0.15) is 0 Å². The maximum atomic E-state index is 11.6. The molecule has 0 aliphatic rings. The second-order valence-corrected chi connectivity index (χ2v) is 3.58. The van der Waals surface area contributed by atoms with Crippen LogP contribution < -0.4 is 79.0 Å². The van der Waals surface area contributed by atoms with Crippen LogP contribution in [0.4, 0.5) is 0 Å². The van der Waals surface area contributed by atoms with E-state index in [4.69, 9.17) is 0 Å². The number of nitrogens with one attached hydrogen (secondary N) is 1. The van der Waals surface area contributed by atoms with Gasteiger partial charge in [-0.1, -0.05) is 38.1 Å². The molecule has 0 atom stereocenters. The van der Waals surface area contributed by atoms with Crippen molar-refractivity contribution < 1.29 is 79.0 Å². The summed E-state index contributed by atoms with van der Waals surface area (Å²) < 4.78 is 0. The average molecular weight is 358 g/mol. The van der Waals surface area contributed by atoms with Gasteiger partial charge < -0.3 is 5.11 Å². The summed E-state index contributed by atoms with van der Waals surface area (Å²) in [5, 5.41) is 13.7. The fourth-order valence-corrected chi connectivity index (χ4v) is 1.84. The van der Waals surface area contributed by atoms with Crippen molar-refractivity contribution in [2.45, 2.75) is 13.8 Å². The van der Waals surface area contributed by atoms with Crippen LogP contribution in [0.2, 0.25) is 0 Å². The van der Waals surface area contributed by atoms with Crippen molar-refractivity contribution in [1.29, 1.82) is 0 Å². The van der Waals surface area contributed by atoms with E-state index in [1.165, 1.54) is 0 Å². The molecule has 0 saturated carbocycles. The van der Waals surface area contributed by atoms with Crippen LogP contribution in [0.5, 0.6) is 5.75 Å². The van der Waals surface area contributed by atoms with E-state index in [9.17, 15) is 5.11 Å². The molecule has 0 fully saturated rings. The third kappa shape index (κ3) is 3.29. The molecule has 0 spiro atoms. The number of rotatable bonds is 0. The zero-order valence-corrected chi connectivity index (χ0v) is 17.3. The van der Waals surface area contributed by atoms with Gasteiger partial charge in [0.05, 0.1) is 0 Å². The normalized spacial score (nSPS) is 9.44. The summed E-state index contributed by atoms with van der Waals surface area (Å²) in [6, 6.07) is 15.3. The van der Waals surface area contributed by atoms with Crippen LogP contribution in [-0.2, 0) is 0 Å². The Hall–Kier alpha value is -0.0381. The fourth-order valence-electron chi connectivity index (χ4n) is 1.84. The minimum atomic E-state index is 0. The minimum Gasteiger partial charge on any atom is -0.868 e. The zero-order valence-electron chi connectivity index (χ0n) is 11.0. The summed E-state index contributed by atoms with van der Waals surface area (Å²) in [6.45, 7) is 4.00. The van der Waals surface area contributed by atoms with Crippen molar-refractivity contribution in [2.24, 2.45) is 0 Å². The first-order valence-corrected chi connectivity index (χ1v) is 5.85. The molecule has 1 heterocycles. The van der Waals surface area contributed by atoms with Gasteiger partial charge in [0, 0.05) is 16.8 Å². The summed E-state index contributed by atoms with van der Waals surface area (Å²) in [5.41, 5.74) is 1.67. The molecule has 2 nitrogen and oxygen atoms in total. The first-order chi connectivity index (χ1) is 8.34. The standard InChI is InChI=1S/C13H9NO.C2H6.Cs/c15-12-7-3-5-10-8-9-4-1-2-6-11(9)14-13(10)12;1-2;/h1-8,15H;1-2H3;/q;;+1. The Morgan fingerprint density at radius 2 is 1.56 bits per heavy atom. The molecule has 0 unspecified atom stereocenters. The molecule has 18 heavy (non-hydrogen) atoms. The van der Waals surface area contributed by atoms with E-state index in [1.54, 1.807) is 12.1 Å². The summed E-state index contributed by atoms with van der Waals surface area (Å²) >= 11 is 0. The molecule has 0 bridgehead atoms. The van der Waals surface area contributed by atoms with Crippen molar-refractivity contribution >= 4 is 21.8 Å². The summed E-state index contributed by atoms with van der Waals surface area (Å²) in [7, 11) is 0. The molecular formula is C15H15CsNO+. The first kappa shape index (κ1) is 16.0. The van der Waals surface area contributed by atoms with Crippen LogP contribution in [0.3, 0.4) is 0 Å². The van der Waals surface area contributed by atoms with Crippen molar-refractivity contribution in [2.75, 3.05) is 0 Å². The van der Waals surface area contributed by atoms with E-state index >= 15 is 0 Å². The van der Waals surface area contributed by atoms with Crippen molar-refractivity contribution in [3.8, 4) is 5.75 Å². The van der Waals surface area contributed by atoms with Crippen molar-refractivity contribution in [3.05, 3.63) is 48.5 Å².